The summed E-state index contributed by atoms with van der Waals surface area (Å²) in [4.78, 5) is 22.5. The normalized spacial score (nSPS) is 15.1. The van der Waals surface area contributed by atoms with Crippen LogP contribution in [-0.2, 0) is 4.79 Å². The van der Waals surface area contributed by atoms with E-state index in [4.69, 9.17) is 4.74 Å². The van der Waals surface area contributed by atoms with E-state index in [0.717, 1.165) is 25.7 Å². The third-order valence-corrected chi connectivity index (χ3v) is 4.08. The van der Waals surface area contributed by atoms with Gasteiger partial charge in [0, 0.05) is 18.3 Å². The second kappa shape index (κ2) is 8.68. The Kier molecular flexibility index (Phi) is 6.34. The van der Waals surface area contributed by atoms with Crippen molar-refractivity contribution in [3.63, 3.8) is 0 Å². The molecule has 0 spiro atoms. The topological polar surface area (TPSA) is 117 Å². The zero-order chi connectivity index (χ0) is 18.2. The van der Waals surface area contributed by atoms with Crippen molar-refractivity contribution in [2.75, 3.05) is 12.4 Å². The number of non-ortho nitro benzene ring substituents is 1. The molecule has 8 heteroatoms. The van der Waals surface area contributed by atoms with Crippen molar-refractivity contribution >= 4 is 17.3 Å². The predicted molar refractivity (Wildman–Crippen MR) is 92.0 cm³/mol. The van der Waals surface area contributed by atoms with Gasteiger partial charge in [-0.2, -0.15) is 5.26 Å². The number of hydrogen-bond acceptors (Lipinski definition) is 6. The second-order valence-electron chi connectivity index (χ2n) is 5.77. The van der Waals surface area contributed by atoms with Crippen LogP contribution in [0.1, 0.15) is 32.1 Å². The lowest BCUT2D eigenvalue weighted by atomic mass is 9.96. The first kappa shape index (κ1) is 18.3. The van der Waals surface area contributed by atoms with Gasteiger partial charge in [0.2, 0.25) is 0 Å². The van der Waals surface area contributed by atoms with Gasteiger partial charge in [0.25, 0.3) is 11.6 Å². The highest BCUT2D eigenvalue weighted by molar-refractivity contribution is 6.07. The summed E-state index contributed by atoms with van der Waals surface area (Å²) in [6.07, 6.45) is 6.97. The molecule has 1 aliphatic rings. The van der Waals surface area contributed by atoms with Gasteiger partial charge in [-0.1, -0.05) is 19.3 Å². The zero-order valence-corrected chi connectivity index (χ0v) is 13.9. The van der Waals surface area contributed by atoms with Crippen LogP contribution in [-0.4, -0.2) is 24.0 Å². The molecule has 0 aromatic heterocycles. The van der Waals surface area contributed by atoms with E-state index in [1.165, 1.54) is 37.9 Å². The van der Waals surface area contributed by atoms with Gasteiger partial charge in [0.05, 0.1) is 23.8 Å². The second-order valence-corrected chi connectivity index (χ2v) is 5.77. The highest BCUT2D eigenvalue weighted by atomic mass is 16.6. The zero-order valence-electron chi connectivity index (χ0n) is 13.9. The maximum atomic E-state index is 12.3. The van der Waals surface area contributed by atoms with Gasteiger partial charge < -0.3 is 15.4 Å². The van der Waals surface area contributed by atoms with E-state index in [2.05, 4.69) is 10.6 Å². The first-order chi connectivity index (χ1) is 12.0. The Bertz CT molecular complexity index is 718. The van der Waals surface area contributed by atoms with Crippen molar-refractivity contribution in [1.29, 1.82) is 5.26 Å². The van der Waals surface area contributed by atoms with Crippen molar-refractivity contribution < 1.29 is 14.5 Å². The van der Waals surface area contributed by atoms with E-state index in [9.17, 15) is 20.2 Å². The monoisotopic (exact) mass is 344 g/mol. The van der Waals surface area contributed by atoms with Crippen LogP contribution < -0.4 is 15.4 Å². The molecule has 0 heterocycles. The number of carbonyl (C=O) groups is 1. The molecule has 1 amide bonds. The largest absolute Gasteiger partial charge is 0.494 e. The van der Waals surface area contributed by atoms with Crippen molar-refractivity contribution in [2.45, 2.75) is 38.1 Å². The highest BCUT2D eigenvalue weighted by Gasteiger charge is 2.17. The van der Waals surface area contributed by atoms with Crippen molar-refractivity contribution in [1.82, 2.24) is 5.32 Å². The fourth-order valence-electron chi connectivity index (χ4n) is 2.71. The first-order valence-corrected chi connectivity index (χ1v) is 8.05. The molecule has 0 radical (unpaired) electrons. The third-order valence-electron chi connectivity index (χ3n) is 4.08. The Labute approximate surface area is 145 Å². The molecule has 25 heavy (non-hydrogen) atoms. The number of nitro benzene ring substituents is 1. The third kappa shape index (κ3) is 4.94. The molecule has 1 saturated carbocycles. The average Bonchev–Trinajstić information content (AvgIpc) is 2.63. The fourth-order valence-corrected chi connectivity index (χ4v) is 2.71. The van der Waals surface area contributed by atoms with Crippen LogP contribution in [0.5, 0.6) is 5.75 Å². The van der Waals surface area contributed by atoms with Crippen LogP contribution in [0, 0.1) is 21.4 Å². The van der Waals surface area contributed by atoms with Crippen LogP contribution in [0.15, 0.2) is 30.0 Å². The van der Waals surface area contributed by atoms with Crippen molar-refractivity contribution in [3.05, 3.63) is 40.1 Å². The fraction of sp³-hybridized carbons (Fsp3) is 0.412. The number of nitrogens with one attached hydrogen (secondary N) is 2. The van der Waals surface area contributed by atoms with Crippen LogP contribution in [0.3, 0.4) is 0 Å². The van der Waals surface area contributed by atoms with E-state index < -0.39 is 10.8 Å². The van der Waals surface area contributed by atoms with E-state index in [1.54, 1.807) is 0 Å². The lowest BCUT2D eigenvalue weighted by molar-refractivity contribution is -0.384. The molecule has 1 aromatic rings. The smallest absolute Gasteiger partial charge is 0.273 e. The lowest BCUT2D eigenvalue weighted by Crippen LogP contribution is -2.28. The molecule has 0 atom stereocenters. The van der Waals surface area contributed by atoms with E-state index in [0.29, 0.717) is 0 Å². The Morgan fingerprint density at radius 2 is 2.12 bits per heavy atom. The number of rotatable bonds is 6. The first-order valence-electron chi connectivity index (χ1n) is 8.05. The van der Waals surface area contributed by atoms with Gasteiger partial charge >= 0.3 is 0 Å². The number of ether oxygens (including phenoxy) is 1. The molecule has 1 aromatic carbocycles. The Balaban J connectivity index is 2.08. The number of nitriles is 1. The van der Waals surface area contributed by atoms with Crippen molar-refractivity contribution in [3.8, 4) is 11.8 Å². The molecule has 8 nitrogen and oxygen atoms in total. The van der Waals surface area contributed by atoms with Gasteiger partial charge in [-0.15, -0.1) is 0 Å². The maximum Gasteiger partial charge on any atom is 0.273 e. The van der Waals surface area contributed by atoms with E-state index >= 15 is 0 Å². The van der Waals surface area contributed by atoms with Gasteiger partial charge in [-0.05, 0) is 18.9 Å². The summed E-state index contributed by atoms with van der Waals surface area (Å²) in [5, 5.41) is 25.7. The minimum atomic E-state index is -0.599. The molecule has 0 bridgehead atoms. The summed E-state index contributed by atoms with van der Waals surface area (Å²) < 4.78 is 5.07. The number of nitro groups is 1. The van der Waals surface area contributed by atoms with Crippen LogP contribution in [0.2, 0.25) is 0 Å². The van der Waals surface area contributed by atoms with E-state index in [-0.39, 0.29) is 28.7 Å². The summed E-state index contributed by atoms with van der Waals surface area (Å²) in [7, 11) is 1.35. The molecule has 2 N–H and O–H groups in total. The highest BCUT2D eigenvalue weighted by Crippen LogP contribution is 2.29. The van der Waals surface area contributed by atoms with Crippen LogP contribution in [0.4, 0.5) is 11.4 Å². The Hall–Kier alpha value is -3.08. The Morgan fingerprint density at radius 1 is 1.40 bits per heavy atom. The minimum Gasteiger partial charge on any atom is -0.494 e. The number of anilines is 1. The quantitative estimate of drug-likeness (QED) is 0.355. The van der Waals surface area contributed by atoms with Gasteiger partial charge in [-0.25, -0.2) is 0 Å². The van der Waals surface area contributed by atoms with E-state index in [1.807, 2.05) is 6.07 Å². The molecule has 1 aliphatic carbocycles. The number of hydrogen-bond donors (Lipinski definition) is 2. The van der Waals surface area contributed by atoms with Gasteiger partial charge in [0.15, 0.2) is 0 Å². The number of benzene rings is 1. The van der Waals surface area contributed by atoms with Crippen molar-refractivity contribution in [2.24, 2.45) is 0 Å². The number of carbonyl (C=O) groups excluding carboxylic acids is 1. The molecule has 0 aliphatic heterocycles. The summed E-state index contributed by atoms with van der Waals surface area (Å²) in [6.45, 7) is 0. The Morgan fingerprint density at radius 3 is 2.72 bits per heavy atom. The van der Waals surface area contributed by atoms with Crippen LogP contribution in [0.25, 0.3) is 0 Å². The molecule has 1 fully saturated rings. The average molecular weight is 344 g/mol. The molecular formula is C17H20N4O4. The standard InChI is InChI=1S/C17H20N4O4/c1-25-16-9-14(21(23)24)7-8-15(16)20-17(22)12(10-18)11-19-13-5-3-2-4-6-13/h7-9,11,13,19H,2-6H2,1H3,(H,20,22)/b12-11-. The summed E-state index contributed by atoms with van der Waals surface area (Å²) in [5.74, 6) is -0.446. The summed E-state index contributed by atoms with van der Waals surface area (Å²) in [6, 6.07) is 5.99. The molecule has 0 saturated heterocycles. The number of methoxy groups -OCH3 is 1. The molecule has 2 rings (SSSR count). The SMILES string of the molecule is COc1cc([N+](=O)[O-])ccc1NC(=O)/C(C#N)=C\NC1CCCCC1. The number of amides is 1. The lowest BCUT2D eigenvalue weighted by Gasteiger charge is -2.21. The summed E-state index contributed by atoms with van der Waals surface area (Å²) >= 11 is 0. The van der Waals surface area contributed by atoms with Gasteiger partial charge in [0.1, 0.15) is 17.4 Å². The molecule has 132 valence electrons. The predicted octanol–water partition coefficient (Wildman–Crippen LogP) is 2.87. The summed E-state index contributed by atoms with van der Waals surface area (Å²) in [5.41, 5.74) is 0.0489. The maximum absolute atomic E-state index is 12.3. The number of nitrogens with zero attached hydrogens (tertiary/aromatic N) is 2. The minimum absolute atomic E-state index is 0.0639. The molecular weight excluding hydrogens is 324 g/mol. The van der Waals surface area contributed by atoms with Gasteiger partial charge in [-0.3, -0.25) is 14.9 Å². The van der Waals surface area contributed by atoms with Crippen LogP contribution >= 0.6 is 0 Å². The molecule has 0 unspecified atom stereocenters.